The molecule has 0 aliphatic carbocycles. The minimum atomic E-state index is -0.0309. The van der Waals surface area contributed by atoms with Gasteiger partial charge in [0.1, 0.15) is 0 Å². The number of hydrogen-bond acceptors (Lipinski definition) is 4. The Morgan fingerprint density at radius 1 is 1.27 bits per heavy atom. The highest BCUT2D eigenvalue weighted by molar-refractivity contribution is 5.80. The van der Waals surface area contributed by atoms with Crippen molar-refractivity contribution in [3.8, 4) is 0 Å². The normalized spacial score (nSPS) is 10.8. The molecule has 1 amide bonds. The lowest BCUT2D eigenvalue weighted by Gasteiger charge is -2.06. The minimum Gasteiger partial charge on any atom is -0.350 e. The largest absolute Gasteiger partial charge is 0.350 e. The molecule has 3 aromatic heterocycles. The molecular formula is C16H17N5O. The van der Waals surface area contributed by atoms with E-state index in [2.05, 4.69) is 25.5 Å². The third-order valence-corrected chi connectivity index (χ3v) is 3.38. The number of nitrogens with one attached hydrogen (secondary N) is 2. The second-order valence-electron chi connectivity index (χ2n) is 5.29. The molecule has 0 aliphatic heterocycles. The molecule has 3 aromatic rings. The predicted molar refractivity (Wildman–Crippen MR) is 83.2 cm³/mol. The summed E-state index contributed by atoms with van der Waals surface area (Å²) in [5, 5.41) is 10.9. The number of hydrogen-bond donors (Lipinski definition) is 2. The van der Waals surface area contributed by atoms with Crippen LogP contribution in [-0.4, -0.2) is 26.1 Å². The van der Waals surface area contributed by atoms with Crippen molar-refractivity contribution in [1.82, 2.24) is 25.5 Å². The van der Waals surface area contributed by atoms with E-state index >= 15 is 0 Å². The Bertz CT molecular complexity index is 804. The molecule has 6 heteroatoms. The number of fused-ring (bicyclic) bond motifs is 1. The highest BCUT2D eigenvalue weighted by Crippen LogP contribution is 2.12. The molecule has 2 N–H and O–H groups in total. The van der Waals surface area contributed by atoms with E-state index in [-0.39, 0.29) is 5.91 Å². The van der Waals surface area contributed by atoms with E-state index in [1.54, 1.807) is 6.20 Å². The molecule has 3 heterocycles. The van der Waals surface area contributed by atoms with Gasteiger partial charge in [-0.3, -0.25) is 14.9 Å². The lowest BCUT2D eigenvalue weighted by molar-refractivity contribution is -0.120. The number of amides is 1. The first-order valence-corrected chi connectivity index (χ1v) is 7.10. The number of H-pyrrole nitrogens is 1. The molecule has 112 valence electrons. The molecule has 0 bridgehead atoms. The predicted octanol–water partition coefficient (Wildman–Crippen LogP) is 1.83. The number of carbonyl (C=O) groups is 1. The van der Waals surface area contributed by atoms with Crippen molar-refractivity contribution in [3.05, 3.63) is 53.1 Å². The van der Waals surface area contributed by atoms with E-state index in [0.717, 1.165) is 28.0 Å². The molecule has 22 heavy (non-hydrogen) atoms. The zero-order valence-electron chi connectivity index (χ0n) is 12.6. The number of aryl methyl sites for hydroxylation is 2. The summed E-state index contributed by atoms with van der Waals surface area (Å²) in [5.41, 5.74) is 4.34. The van der Waals surface area contributed by atoms with E-state index in [0.29, 0.717) is 18.6 Å². The Labute approximate surface area is 128 Å². The van der Waals surface area contributed by atoms with Gasteiger partial charge in [0.25, 0.3) is 0 Å². The quantitative estimate of drug-likeness (QED) is 0.769. The van der Waals surface area contributed by atoms with Crippen LogP contribution in [0.4, 0.5) is 0 Å². The van der Waals surface area contributed by atoms with Crippen molar-refractivity contribution >= 4 is 16.9 Å². The number of nitrogens with zero attached hydrogens (tertiary/aromatic N) is 3. The van der Waals surface area contributed by atoms with Crippen LogP contribution in [-0.2, 0) is 17.8 Å². The van der Waals surface area contributed by atoms with Crippen molar-refractivity contribution in [3.63, 3.8) is 0 Å². The average molecular weight is 295 g/mol. The molecule has 3 rings (SSSR count). The summed E-state index contributed by atoms with van der Waals surface area (Å²) < 4.78 is 0. The molecular weight excluding hydrogens is 278 g/mol. The summed E-state index contributed by atoms with van der Waals surface area (Å²) in [6.07, 6.45) is 2.04. The summed E-state index contributed by atoms with van der Waals surface area (Å²) in [6.45, 7) is 4.26. The van der Waals surface area contributed by atoms with Crippen LogP contribution in [0.3, 0.4) is 0 Å². The van der Waals surface area contributed by atoms with Crippen LogP contribution in [0.1, 0.15) is 22.6 Å². The summed E-state index contributed by atoms with van der Waals surface area (Å²) in [5.74, 6) is -0.0309. The van der Waals surface area contributed by atoms with Gasteiger partial charge < -0.3 is 5.32 Å². The van der Waals surface area contributed by atoms with Crippen LogP contribution in [0.5, 0.6) is 0 Å². The smallest absolute Gasteiger partial charge is 0.224 e. The third-order valence-electron chi connectivity index (χ3n) is 3.38. The number of rotatable bonds is 4. The first kappa shape index (κ1) is 14.2. The summed E-state index contributed by atoms with van der Waals surface area (Å²) in [7, 11) is 0. The van der Waals surface area contributed by atoms with Gasteiger partial charge >= 0.3 is 0 Å². The van der Waals surface area contributed by atoms with Crippen LogP contribution in [0.15, 0.2) is 30.5 Å². The lowest BCUT2D eigenvalue weighted by atomic mass is 10.1. The molecule has 0 spiro atoms. The van der Waals surface area contributed by atoms with Gasteiger partial charge in [-0.05, 0) is 43.7 Å². The summed E-state index contributed by atoms with van der Waals surface area (Å²) in [6, 6.07) is 7.65. The second kappa shape index (κ2) is 5.93. The molecule has 0 unspecified atom stereocenters. The monoisotopic (exact) mass is 295 g/mol. The third kappa shape index (κ3) is 3.11. The molecule has 0 atom stereocenters. The second-order valence-corrected chi connectivity index (χ2v) is 5.29. The van der Waals surface area contributed by atoms with Crippen LogP contribution >= 0.6 is 0 Å². The Hall–Kier alpha value is -2.76. The van der Waals surface area contributed by atoms with E-state index < -0.39 is 0 Å². The van der Waals surface area contributed by atoms with Crippen LogP contribution in [0.25, 0.3) is 11.0 Å². The van der Waals surface area contributed by atoms with E-state index in [9.17, 15) is 4.79 Å². The standard InChI is InChI=1S/C16H17N5O/c1-10-6-12(7-11(2)19-10)8-15(22)18-9-14-13-4-3-5-17-16(13)21-20-14/h3-7H,8-9H2,1-2H3,(H,18,22)(H,17,20,21). The molecule has 0 saturated heterocycles. The SMILES string of the molecule is Cc1cc(CC(=O)NCc2[nH]nc3ncccc23)cc(C)n1. The fourth-order valence-corrected chi connectivity index (χ4v) is 2.49. The van der Waals surface area contributed by atoms with Gasteiger partial charge in [-0.25, -0.2) is 4.98 Å². The highest BCUT2D eigenvalue weighted by atomic mass is 16.1. The van der Waals surface area contributed by atoms with Crippen LogP contribution < -0.4 is 5.32 Å². The molecule has 0 aliphatic rings. The van der Waals surface area contributed by atoms with Gasteiger partial charge in [0, 0.05) is 23.0 Å². The Kier molecular flexibility index (Phi) is 3.82. The molecule has 0 fully saturated rings. The van der Waals surface area contributed by atoms with E-state index in [4.69, 9.17) is 0 Å². The van der Waals surface area contributed by atoms with Gasteiger partial charge in [-0.15, -0.1) is 0 Å². The lowest BCUT2D eigenvalue weighted by Crippen LogP contribution is -2.25. The topological polar surface area (TPSA) is 83.6 Å². The van der Waals surface area contributed by atoms with Gasteiger partial charge in [0.05, 0.1) is 18.7 Å². The van der Waals surface area contributed by atoms with E-state index in [1.165, 1.54) is 0 Å². The van der Waals surface area contributed by atoms with Crippen LogP contribution in [0.2, 0.25) is 0 Å². The zero-order valence-corrected chi connectivity index (χ0v) is 12.6. The van der Waals surface area contributed by atoms with Crippen molar-refractivity contribution in [2.24, 2.45) is 0 Å². The first-order valence-electron chi connectivity index (χ1n) is 7.10. The Balaban J connectivity index is 1.65. The summed E-state index contributed by atoms with van der Waals surface area (Å²) >= 11 is 0. The molecule has 0 radical (unpaired) electrons. The van der Waals surface area contributed by atoms with Crippen LogP contribution in [0, 0.1) is 13.8 Å². The van der Waals surface area contributed by atoms with E-state index in [1.807, 2.05) is 38.1 Å². The maximum atomic E-state index is 12.1. The van der Waals surface area contributed by atoms with Crippen molar-refractivity contribution in [2.75, 3.05) is 0 Å². The number of aromatic amines is 1. The van der Waals surface area contributed by atoms with Crippen molar-refractivity contribution in [2.45, 2.75) is 26.8 Å². The van der Waals surface area contributed by atoms with Gasteiger partial charge in [-0.1, -0.05) is 0 Å². The maximum Gasteiger partial charge on any atom is 0.224 e. The number of carbonyl (C=O) groups excluding carboxylic acids is 1. The molecule has 6 nitrogen and oxygen atoms in total. The number of pyridine rings is 2. The fourth-order valence-electron chi connectivity index (χ4n) is 2.49. The van der Waals surface area contributed by atoms with Crippen molar-refractivity contribution in [1.29, 1.82) is 0 Å². The van der Waals surface area contributed by atoms with Gasteiger partial charge in [0.15, 0.2) is 5.65 Å². The Morgan fingerprint density at radius 3 is 2.82 bits per heavy atom. The number of aromatic nitrogens is 4. The average Bonchev–Trinajstić information content (AvgIpc) is 2.87. The Morgan fingerprint density at radius 2 is 2.05 bits per heavy atom. The van der Waals surface area contributed by atoms with Gasteiger partial charge in [-0.2, -0.15) is 5.10 Å². The maximum absolute atomic E-state index is 12.1. The molecule has 0 aromatic carbocycles. The first-order chi connectivity index (χ1) is 10.6. The van der Waals surface area contributed by atoms with Gasteiger partial charge in [0.2, 0.25) is 5.91 Å². The fraction of sp³-hybridized carbons (Fsp3) is 0.250. The molecule has 0 saturated carbocycles. The highest BCUT2D eigenvalue weighted by Gasteiger charge is 2.08. The van der Waals surface area contributed by atoms with Crippen molar-refractivity contribution < 1.29 is 4.79 Å². The summed E-state index contributed by atoms with van der Waals surface area (Å²) in [4.78, 5) is 20.5. The minimum absolute atomic E-state index is 0.0309. The zero-order chi connectivity index (χ0) is 15.5.